The summed E-state index contributed by atoms with van der Waals surface area (Å²) in [5, 5.41) is 11.6. The normalized spacial score (nSPS) is 15.9. The van der Waals surface area contributed by atoms with E-state index in [4.69, 9.17) is 5.11 Å². The molecule has 0 rings (SSSR count). The molecule has 0 heterocycles. The highest BCUT2D eigenvalue weighted by Crippen LogP contribution is 2.27. The lowest BCUT2D eigenvalue weighted by atomic mass is 9.80. The van der Waals surface area contributed by atoms with Crippen molar-refractivity contribution in [2.24, 2.45) is 11.3 Å². The van der Waals surface area contributed by atoms with Crippen molar-refractivity contribution < 1.29 is 9.90 Å². The molecule has 0 aliphatic rings. The van der Waals surface area contributed by atoms with Crippen molar-refractivity contribution in [3.05, 3.63) is 0 Å². The van der Waals surface area contributed by atoms with E-state index in [1.807, 2.05) is 6.92 Å². The summed E-state index contributed by atoms with van der Waals surface area (Å²) in [5.74, 6) is 0.442. The van der Waals surface area contributed by atoms with E-state index >= 15 is 0 Å². The minimum absolute atomic E-state index is 0.0645. The Morgan fingerprint density at radius 3 is 2.27 bits per heavy atom. The number of nitrogens with one attached hydrogen (secondary N) is 1. The second-order valence-corrected chi connectivity index (χ2v) is 5.45. The highest BCUT2D eigenvalue weighted by molar-refractivity contribution is 5.76. The molecule has 2 unspecified atom stereocenters. The number of rotatable bonds is 5. The monoisotopic (exact) mass is 215 g/mol. The van der Waals surface area contributed by atoms with E-state index in [0.717, 1.165) is 0 Å². The molecule has 2 atom stereocenters. The summed E-state index contributed by atoms with van der Waals surface area (Å²) in [5.41, 5.74) is 0.164. The quantitative estimate of drug-likeness (QED) is 0.736. The first-order valence-corrected chi connectivity index (χ1v) is 5.67. The van der Waals surface area contributed by atoms with Crippen LogP contribution in [0, 0.1) is 11.3 Å². The van der Waals surface area contributed by atoms with E-state index in [-0.39, 0.29) is 24.0 Å². The van der Waals surface area contributed by atoms with Crippen molar-refractivity contribution in [1.29, 1.82) is 0 Å². The molecule has 2 N–H and O–H groups in total. The van der Waals surface area contributed by atoms with Gasteiger partial charge in [-0.2, -0.15) is 0 Å². The third-order valence-corrected chi connectivity index (χ3v) is 2.94. The number of carbonyl (C=O) groups excluding carboxylic acids is 1. The smallest absolute Gasteiger partial charge is 0.220 e. The number of hydrogen-bond donors (Lipinski definition) is 2. The number of carbonyl (C=O) groups is 1. The molecular weight excluding hydrogens is 190 g/mol. The van der Waals surface area contributed by atoms with Gasteiger partial charge < -0.3 is 10.4 Å². The van der Waals surface area contributed by atoms with Crippen LogP contribution in [-0.2, 0) is 4.79 Å². The molecule has 0 radical (unpaired) electrons. The van der Waals surface area contributed by atoms with Gasteiger partial charge in [-0.3, -0.25) is 4.79 Å². The third-order valence-electron chi connectivity index (χ3n) is 2.94. The molecule has 0 aromatic heterocycles. The highest BCUT2D eigenvalue weighted by Gasteiger charge is 2.22. The third kappa shape index (κ3) is 6.50. The summed E-state index contributed by atoms with van der Waals surface area (Å²) < 4.78 is 0. The largest absolute Gasteiger partial charge is 0.396 e. The molecular formula is C12H25NO2. The molecule has 0 fully saturated rings. The first kappa shape index (κ1) is 14.4. The van der Waals surface area contributed by atoms with Crippen LogP contribution in [0.2, 0.25) is 0 Å². The van der Waals surface area contributed by atoms with Gasteiger partial charge in [0, 0.05) is 19.1 Å². The van der Waals surface area contributed by atoms with Gasteiger partial charge in [0.05, 0.1) is 0 Å². The molecule has 3 heteroatoms. The van der Waals surface area contributed by atoms with Crippen LogP contribution in [0.5, 0.6) is 0 Å². The second-order valence-electron chi connectivity index (χ2n) is 5.45. The Balaban J connectivity index is 3.94. The van der Waals surface area contributed by atoms with Gasteiger partial charge in [0.2, 0.25) is 5.91 Å². The molecule has 0 saturated heterocycles. The molecule has 0 aromatic carbocycles. The van der Waals surface area contributed by atoms with Crippen LogP contribution in [0.3, 0.4) is 0 Å². The summed E-state index contributed by atoms with van der Waals surface area (Å²) in [4.78, 5) is 11.6. The van der Waals surface area contributed by atoms with Gasteiger partial charge in [-0.1, -0.05) is 27.7 Å². The van der Waals surface area contributed by atoms with E-state index < -0.39 is 0 Å². The van der Waals surface area contributed by atoms with Crippen LogP contribution in [0.15, 0.2) is 0 Å². The Labute approximate surface area is 93.3 Å². The number of aliphatic hydroxyl groups is 1. The van der Waals surface area contributed by atoms with E-state index in [2.05, 4.69) is 33.0 Å². The van der Waals surface area contributed by atoms with Crippen molar-refractivity contribution in [1.82, 2.24) is 5.32 Å². The fourth-order valence-corrected chi connectivity index (χ4v) is 1.18. The molecule has 0 aliphatic carbocycles. The Kier molecular flexibility index (Phi) is 5.88. The molecule has 1 amide bonds. The van der Waals surface area contributed by atoms with Crippen LogP contribution < -0.4 is 5.32 Å². The predicted molar refractivity (Wildman–Crippen MR) is 62.5 cm³/mol. The number of aliphatic hydroxyl groups excluding tert-OH is 1. The Bertz CT molecular complexity index is 196. The average Bonchev–Trinajstić information content (AvgIpc) is 2.01. The molecule has 0 aromatic rings. The second kappa shape index (κ2) is 6.11. The summed E-state index contributed by atoms with van der Waals surface area (Å²) in [6.45, 7) is 10.6. The number of hydrogen-bond acceptors (Lipinski definition) is 2. The van der Waals surface area contributed by atoms with Crippen LogP contribution in [0.4, 0.5) is 0 Å². The maximum absolute atomic E-state index is 11.6. The fraction of sp³-hybridized carbons (Fsp3) is 0.917. The lowest BCUT2D eigenvalue weighted by Gasteiger charge is -2.27. The molecule has 0 spiro atoms. The zero-order chi connectivity index (χ0) is 12.1. The molecule has 15 heavy (non-hydrogen) atoms. The highest BCUT2D eigenvalue weighted by atomic mass is 16.3. The molecule has 90 valence electrons. The van der Waals surface area contributed by atoms with Crippen molar-refractivity contribution in [3.63, 3.8) is 0 Å². The Hall–Kier alpha value is -0.570. The Morgan fingerprint density at radius 1 is 1.33 bits per heavy atom. The van der Waals surface area contributed by atoms with E-state index in [1.165, 1.54) is 0 Å². The van der Waals surface area contributed by atoms with Gasteiger partial charge in [0.1, 0.15) is 0 Å². The summed E-state index contributed by atoms with van der Waals surface area (Å²) in [7, 11) is 0. The van der Waals surface area contributed by atoms with E-state index in [1.54, 1.807) is 0 Å². The topological polar surface area (TPSA) is 49.3 Å². The van der Waals surface area contributed by atoms with Crippen molar-refractivity contribution in [3.8, 4) is 0 Å². The SMILES string of the molecule is CC(CCO)NC(=O)CC(C)C(C)(C)C. The summed E-state index contributed by atoms with van der Waals surface area (Å²) in [6.07, 6.45) is 1.18. The fourth-order valence-electron chi connectivity index (χ4n) is 1.18. The maximum atomic E-state index is 11.6. The first-order valence-electron chi connectivity index (χ1n) is 5.67. The van der Waals surface area contributed by atoms with E-state index in [0.29, 0.717) is 18.8 Å². The van der Waals surface area contributed by atoms with Gasteiger partial charge in [0.15, 0.2) is 0 Å². The van der Waals surface area contributed by atoms with Crippen LogP contribution in [0.1, 0.15) is 47.5 Å². The van der Waals surface area contributed by atoms with Gasteiger partial charge >= 0.3 is 0 Å². The zero-order valence-corrected chi connectivity index (χ0v) is 10.6. The first-order chi connectivity index (χ1) is 6.77. The van der Waals surface area contributed by atoms with Gasteiger partial charge in [-0.05, 0) is 24.7 Å². The number of amides is 1. The van der Waals surface area contributed by atoms with Crippen molar-refractivity contribution >= 4 is 5.91 Å². The van der Waals surface area contributed by atoms with Crippen LogP contribution in [0.25, 0.3) is 0 Å². The van der Waals surface area contributed by atoms with Gasteiger partial charge in [-0.25, -0.2) is 0 Å². The minimum Gasteiger partial charge on any atom is -0.396 e. The summed E-state index contributed by atoms with van der Waals surface area (Å²) >= 11 is 0. The predicted octanol–water partition coefficient (Wildman–Crippen LogP) is 1.95. The average molecular weight is 215 g/mol. The van der Waals surface area contributed by atoms with Gasteiger partial charge in [0.25, 0.3) is 0 Å². The van der Waals surface area contributed by atoms with Crippen molar-refractivity contribution in [2.75, 3.05) is 6.61 Å². The van der Waals surface area contributed by atoms with Gasteiger partial charge in [-0.15, -0.1) is 0 Å². The summed E-state index contributed by atoms with van der Waals surface area (Å²) in [6, 6.07) is 0.0645. The zero-order valence-electron chi connectivity index (χ0n) is 10.6. The molecule has 0 aliphatic heterocycles. The maximum Gasteiger partial charge on any atom is 0.220 e. The van der Waals surface area contributed by atoms with E-state index in [9.17, 15) is 4.79 Å². The van der Waals surface area contributed by atoms with Crippen molar-refractivity contribution in [2.45, 2.75) is 53.5 Å². The molecule has 3 nitrogen and oxygen atoms in total. The minimum atomic E-state index is 0.0645. The van der Waals surface area contributed by atoms with Crippen LogP contribution >= 0.6 is 0 Å². The van der Waals surface area contributed by atoms with Crippen LogP contribution in [-0.4, -0.2) is 23.7 Å². The molecule has 0 bridgehead atoms. The Morgan fingerprint density at radius 2 is 1.87 bits per heavy atom. The lowest BCUT2D eigenvalue weighted by Crippen LogP contribution is -2.35. The lowest BCUT2D eigenvalue weighted by molar-refractivity contribution is -0.123. The molecule has 0 saturated carbocycles. The standard InChI is InChI=1S/C12H25NO2/c1-9(12(3,4)5)8-11(15)13-10(2)6-7-14/h9-10,14H,6-8H2,1-5H3,(H,13,15).